The van der Waals surface area contributed by atoms with Crippen LogP contribution >= 0.6 is 11.3 Å². The van der Waals surface area contributed by atoms with Crippen LogP contribution in [-0.4, -0.2) is 16.7 Å². The minimum absolute atomic E-state index is 0.256. The van der Waals surface area contributed by atoms with Crippen molar-refractivity contribution in [3.63, 3.8) is 0 Å². The number of rotatable bonds is 2. The predicted molar refractivity (Wildman–Crippen MR) is 88.7 cm³/mol. The first kappa shape index (κ1) is 14.8. The van der Waals surface area contributed by atoms with Gasteiger partial charge in [0.15, 0.2) is 0 Å². The molecule has 5 nitrogen and oxygen atoms in total. The van der Waals surface area contributed by atoms with Gasteiger partial charge in [-0.1, -0.05) is 6.07 Å². The lowest BCUT2D eigenvalue weighted by Crippen LogP contribution is -2.29. The number of hydrogen-bond donors (Lipinski definition) is 1. The molecule has 24 heavy (non-hydrogen) atoms. The average Bonchev–Trinajstić information content (AvgIpc) is 3.24. The van der Waals surface area contributed by atoms with Gasteiger partial charge in [-0.3, -0.25) is 9.79 Å². The maximum absolute atomic E-state index is 13.2. The molecule has 0 fully saturated rings. The van der Waals surface area contributed by atoms with Crippen molar-refractivity contribution in [1.29, 1.82) is 0 Å². The zero-order valence-corrected chi connectivity index (χ0v) is 13.5. The molecule has 0 saturated carbocycles. The van der Waals surface area contributed by atoms with E-state index in [2.05, 4.69) is 15.3 Å². The molecule has 1 amide bonds. The standard InChI is InChI=1S/C17H12FN3O2S/c1-9-7-20-17(23-9)13-6-11-8-19-15(14(11)24-13)21-16(22)10-3-2-4-12(18)5-10/h2-7H,8H2,1H3,(H,19,21,22). The van der Waals surface area contributed by atoms with Crippen LogP contribution in [0.1, 0.15) is 26.6 Å². The van der Waals surface area contributed by atoms with Crippen molar-refractivity contribution in [2.45, 2.75) is 13.5 Å². The van der Waals surface area contributed by atoms with Crippen molar-refractivity contribution < 1.29 is 13.6 Å². The number of aliphatic imine (C=N–C) groups is 1. The number of fused-ring (bicyclic) bond motifs is 1. The summed E-state index contributed by atoms with van der Waals surface area (Å²) in [5.41, 5.74) is 1.27. The molecule has 1 N–H and O–H groups in total. The fraction of sp³-hybridized carbons (Fsp3) is 0.118. The number of aromatic nitrogens is 1. The summed E-state index contributed by atoms with van der Waals surface area (Å²) in [5.74, 6) is 0.964. The first-order chi connectivity index (χ1) is 11.6. The SMILES string of the molecule is Cc1cnc(-c2cc3c(s2)C(NC(=O)c2cccc(F)c2)=NC3)o1. The molecule has 0 saturated heterocycles. The fourth-order valence-corrected chi connectivity index (χ4v) is 3.53. The van der Waals surface area contributed by atoms with Gasteiger partial charge < -0.3 is 9.73 Å². The van der Waals surface area contributed by atoms with E-state index in [1.165, 1.54) is 29.5 Å². The van der Waals surface area contributed by atoms with Gasteiger partial charge in [0.25, 0.3) is 5.91 Å². The number of amides is 1. The average molecular weight is 341 g/mol. The summed E-state index contributed by atoms with van der Waals surface area (Å²) in [6.07, 6.45) is 1.67. The molecule has 3 aromatic rings. The minimum atomic E-state index is -0.450. The van der Waals surface area contributed by atoms with E-state index in [4.69, 9.17) is 4.42 Å². The van der Waals surface area contributed by atoms with Gasteiger partial charge in [0.05, 0.1) is 22.5 Å². The Morgan fingerprint density at radius 1 is 1.38 bits per heavy atom. The van der Waals surface area contributed by atoms with Crippen molar-refractivity contribution in [2.75, 3.05) is 0 Å². The number of nitrogens with zero attached hydrogens (tertiary/aromatic N) is 2. The summed E-state index contributed by atoms with van der Waals surface area (Å²) < 4.78 is 18.8. The predicted octanol–water partition coefficient (Wildman–Crippen LogP) is 3.54. The number of benzene rings is 1. The largest absolute Gasteiger partial charge is 0.441 e. The highest BCUT2D eigenvalue weighted by atomic mass is 32.1. The molecule has 0 spiro atoms. The Labute approximate surface area is 140 Å². The van der Waals surface area contributed by atoms with Crippen LogP contribution in [0.5, 0.6) is 0 Å². The Hall–Kier alpha value is -2.80. The lowest BCUT2D eigenvalue weighted by molar-refractivity contribution is 0.0977. The molecule has 0 bridgehead atoms. The third kappa shape index (κ3) is 2.63. The van der Waals surface area contributed by atoms with Crippen molar-refractivity contribution in [3.05, 3.63) is 64.1 Å². The van der Waals surface area contributed by atoms with Crippen LogP contribution in [0.15, 0.2) is 45.9 Å². The van der Waals surface area contributed by atoms with E-state index in [0.717, 1.165) is 21.1 Å². The van der Waals surface area contributed by atoms with E-state index < -0.39 is 5.82 Å². The van der Waals surface area contributed by atoms with Crippen LogP contribution in [0, 0.1) is 12.7 Å². The Morgan fingerprint density at radius 3 is 3.00 bits per heavy atom. The van der Waals surface area contributed by atoms with Gasteiger partial charge in [-0.15, -0.1) is 11.3 Å². The molecule has 120 valence electrons. The second kappa shape index (κ2) is 5.68. The van der Waals surface area contributed by atoms with Crippen LogP contribution < -0.4 is 5.32 Å². The Morgan fingerprint density at radius 2 is 2.25 bits per heavy atom. The van der Waals surface area contributed by atoms with E-state index in [0.29, 0.717) is 18.3 Å². The van der Waals surface area contributed by atoms with Gasteiger partial charge in [0.2, 0.25) is 5.89 Å². The molecule has 0 radical (unpaired) electrons. The van der Waals surface area contributed by atoms with Gasteiger partial charge >= 0.3 is 0 Å². The lowest BCUT2D eigenvalue weighted by Gasteiger charge is -2.04. The second-order valence-corrected chi connectivity index (χ2v) is 6.42. The van der Waals surface area contributed by atoms with Crippen LogP contribution in [0.2, 0.25) is 0 Å². The van der Waals surface area contributed by atoms with Crippen molar-refractivity contribution in [2.24, 2.45) is 4.99 Å². The Bertz CT molecular complexity index is 974. The van der Waals surface area contributed by atoms with E-state index >= 15 is 0 Å². The molecule has 3 heterocycles. The van der Waals surface area contributed by atoms with Crippen LogP contribution in [0.25, 0.3) is 10.8 Å². The molecular weight excluding hydrogens is 329 g/mol. The van der Waals surface area contributed by atoms with E-state index in [1.54, 1.807) is 12.3 Å². The van der Waals surface area contributed by atoms with Gasteiger partial charge in [-0.25, -0.2) is 9.37 Å². The second-order valence-electron chi connectivity index (χ2n) is 5.37. The first-order valence-corrected chi connectivity index (χ1v) is 8.09. The first-order valence-electron chi connectivity index (χ1n) is 7.27. The summed E-state index contributed by atoms with van der Waals surface area (Å²) in [7, 11) is 0. The molecule has 2 aromatic heterocycles. The van der Waals surface area contributed by atoms with Crippen LogP contribution in [-0.2, 0) is 6.54 Å². The van der Waals surface area contributed by atoms with Gasteiger partial charge in [0.1, 0.15) is 17.4 Å². The molecule has 1 aromatic carbocycles. The van der Waals surface area contributed by atoms with Crippen molar-refractivity contribution >= 4 is 23.1 Å². The summed E-state index contributed by atoms with van der Waals surface area (Å²) in [4.78, 5) is 22.6. The molecule has 1 aliphatic rings. The summed E-state index contributed by atoms with van der Waals surface area (Å²) in [6.45, 7) is 2.33. The number of carbonyl (C=O) groups is 1. The number of oxazole rings is 1. The normalized spacial score (nSPS) is 12.8. The third-order valence-electron chi connectivity index (χ3n) is 3.58. The highest BCUT2D eigenvalue weighted by Crippen LogP contribution is 2.34. The molecule has 7 heteroatoms. The zero-order valence-electron chi connectivity index (χ0n) is 12.7. The smallest absolute Gasteiger partial charge is 0.256 e. The van der Waals surface area contributed by atoms with Crippen LogP contribution in [0.3, 0.4) is 0 Å². The van der Waals surface area contributed by atoms with Crippen molar-refractivity contribution in [1.82, 2.24) is 10.3 Å². The molecule has 0 aliphatic carbocycles. The van der Waals surface area contributed by atoms with E-state index in [-0.39, 0.29) is 11.5 Å². The number of amidine groups is 1. The zero-order chi connectivity index (χ0) is 16.7. The number of aryl methyl sites for hydroxylation is 1. The number of nitrogens with one attached hydrogen (secondary N) is 1. The molecular formula is C17H12FN3O2S. The maximum Gasteiger partial charge on any atom is 0.256 e. The quantitative estimate of drug-likeness (QED) is 0.775. The Balaban J connectivity index is 1.58. The van der Waals surface area contributed by atoms with Gasteiger partial charge in [-0.05, 0) is 36.8 Å². The lowest BCUT2D eigenvalue weighted by atomic mass is 10.2. The van der Waals surface area contributed by atoms with E-state index in [9.17, 15) is 9.18 Å². The number of halogens is 1. The summed E-state index contributed by atoms with van der Waals surface area (Å²) in [5, 5.41) is 2.75. The molecule has 0 atom stereocenters. The molecule has 4 rings (SSSR count). The van der Waals surface area contributed by atoms with Gasteiger partial charge in [-0.2, -0.15) is 0 Å². The van der Waals surface area contributed by atoms with Crippen LogP contribution in [0.4, 0.5) is 4.39 Å². The number of thiophene rings is 1. The van der Waals surface area contributed by atoms with Crippen molar-refractivity contribution in [3.8, 4) is 10.8 Å². The minimum Gasteiger partial charge on any atom is -0.441 e. The summed E-state index contributed by atoms with van der Waals surface area (Å²) in [6, 6.07) is 7.52. The summed E-state index contributed by atoms with van der Waals surface area (Å²) >= 11 is 1.46. The highest BCUT2D eigenvalue weighted by Gasteiger charge is 2.23. The number of carbonyl (C=O) groups excluding carboxylic acids is 1. The monoisotopic (exact) mass is 341 g/mol. The fourth-order valence-electron chi connectivity index (χ4n) is 2.46. The van der Waals surface area contributed by atoms with E-state index in [1.807, 2.05) is 13.0 Å². The number of hydrogen-bond acceptors (Lipinski definition) is 5. The topological polar surface area (TPSA) is 67.5 Å². The molecule has 0 unspecified atom stereocenters. The maximum atomic E-state index is 13.2. The Kier molecular flexibility index (Phi) is 3.50. The van der Waals surface area contributed by atoms with Gasteiger partial charge in [0, 0.05) is 5.56 Å². The molecule has 1 aliphatic heterocycles. The highest BCUT2D eigenvalue weighted by molar-refractivity contribution is 7.17. The third-order valence-corrected chi connectivity index (χ3v) is 4.75.